The van der Waals surface area contributed by atoms with Gasteiger partial charge in [-0.3, -0.25) is 9.78 Å². The second kappa shape index (κ2) is 10.5. The molecule has 0 saturated carbocycles. The molecule has 1 N–H and O–H groups in total. The third-order valence-electron chi connectivity index (χ3n) is 4.43. The normalized spacial score (nSPS) is 10.6. The van der Waals surface area contributed by atoms with E-state index in [0.29, 0.717) is 16.6 Å². The molecule has 6 heteroatoms. The van der Waals surface area contributed by atoms with E-state index in [1.54, 1.807) is 12.3 Å². The molecule has 148 valence electrons. The van der Waals surface area contributed by atoms with Crippen molar-refractivity contribution in [3.63, 3.8) is 0 Å². The van der Waals surface area contributed by atoms with E-state index in [1.165, 1.54) is 17.3 Å². The van der Waals surface area contributed by atoms with Gasteiger partial charge in [0.05, 0.1) is 5.56 Å². The van der Waals surface area contributed by atoms with Crippen LogP contribution in [0.1, 0.15) is 33.8 Å². The molecule has 0 radical (unpaired) electrons. The van der Waals surface area contributed by atoms with Gasteiger partial charge in [-0.05, 0) is 39.5 Å². The minimum absolute atomic E-state index is 0.174. The summed E-state index contributed by atoms with van der Waals surface area (Å²) < 4.78 is 5.73. The average Bonchev–Trinajstić information content (AvgIpc) is 2.76. The molecular formula is C23H21BrN2O3. The number of halogens is 1. The number of amides is 1. The number of hydrogen-bond acceptors (Lipinski definition) is 4. The van der Waals surface area contributed by atoms with Crippen LogP contribution in [0.5, 0.6) is 0 Å². The van der Waals surface area contributed by atoms with E-state index in [-0.39, 0.29) is 18.4 Å². The van der Waals surface area contributed by atoms with Gasteiger partial charge < -0.3 is 10.1 Å². The topological polar surface area (TPSA) is 68.3 Å². The van der Waals surface area contributed by atoms with E-state index in [1.807, 2.05) is 36.4 Å². The Morgan fingerprint density at radius 3 is 2.17 bits per heavy atom. The van der Waals surface area contributed by atoms with Gasteiger partial charge in [-0.2, -0.15) is 0 Å². The summed E-state index contributed by atoms with van der Waals surface area (Å²) in [7, 11) is 0. The first kappa shape index (κ1) is 20.7. The van der Waals surface area contributed by atoms with Crippen molar-refractivity contribution in [1.82, 2.24) is 10.3 Å². The van der Waals surface area contributed by atoms with Crippen LogP contribution in [0.4, 0.5) is 0 Å². The molecule has 1 heterocycles. The lowest BCUT2D eigenvalue weighted by molar-refractivity contribution is -0.124. The number of benzene rings is 2. The number of aromatic nitrogens is 1. The van der Waals surface area contributed by atoms with Crippen molar-refractivity contribution < 1.29 is 14.3 Å². The maximum atomic E-state index is 12.1. The largest absolute Gasteiger partial charge is 0.452 e. The summed E-state index contributed by atoms with van der Waals surface area (Å²) in [6.07, 6.45) is 3.71. The predicted molar refractivity (Wildman–Crippen MR) is 115 cm³/mol. The summed E-state index contributed by atoms with van der Waals surface area (Å²) in [6.45, 7) is 0.149. The summed E-state index contributed by atoms with van der Waals surface area (Å²) in [5.74, 6) is -0.741. The van der Waals surface area contributed by atoms with E-state index in [4.69, 9.17) is 4.74 Å². The van der Waals surface area contributed by atoms with Gasteiger partial charge in [-0.25, -0.2) is 4.79 Å². The molecule has 5 nitrogen and oxygen atoms in total. The van der Waals surface area contributed by atoms with Gasteiger partial charge in [-0.15, -0.1) is 0 Å². The van der Waals surface area contributed by atoms with Crippen LogP contribution < -0.4 is 5.32 Å². The smallest absolute Gasteiger partial charge is 0.340 e. The van der Waals surface area contributed by atoms with E-state index in [2.05, 4.69) is 50.5 Å². The first-order chi connectivity index (χ1) is 14.1. The second-order valence-electron chi connectivity index (χ2n) is 6.48. The molecule has 0 aliphatic heterocycles. The van der Waals surface area contributed by atoms with Crippen molar-refractivity contribution in [1.29, 1.82) is 0 Å². The number of ether oxygens (including phenoxy) is 1. The number of nitrogens with one attached hydrogen (secondary N) is 1. The van der Waals surface area contributed by atoms with Crippen molar-refractivity contribution in [3.05, 3.63) is 100 Å². The van der Waals surface area contributed by atoms with Crippen molar-refractivity contribution in [2.45, 2.75) is 12.3 Å². The zero-order chi connectivity index (χ0) is 20.5. The molecule has 0 fully saturated rings. The number of esters is 1. The minimum atomic E-state index is -0.583. The first-order valence-electron chi connectivity index (χ1n) is 9.28. The summed E-state index contributed by atoms with van der Waals surface area (Å²) in [5, 5.41) is 2.83. The summed E-state index contributed by atoms with van der Waals surface area (Å²) >= 11 is 3.25. The van der Waals surface area contributed by atoms with E-state index < -0.39 is 5.97 Å². The Balaban J connectivity index is 1.51. The molecule has 0 aliphatic rings. The number of rotatable bonds is 8. The molecule has 2 aromatic carbocycles. The molecule has 0 spiro atoms. The SMILES string of the molecule is O=C(COC(=O)c1cncc(Br)c1)NCCC(c1ccccc1)c1ccccc1. The fourth-order valence-electron chi connectivity index (χ4n) is 3.04. The van der Waals surface area contributed by atoms with Crippen molar-refractivity contribution in [2.75, 3.05) is 13.2 Å². The molecule has 0 bridgehead atoms. The number of hydrogen-bond donors (Lipinski definition) is 1. The van der Waals surface area contributed by atoms with Gasteiger partial charge in [0.25, 0.3) is 5.91 Å². The molecule has 1 amide bonds. The molecule has 29 heavy (non-hydrogen) atoms. The maximum Gasteiger partial charge on any atom is 0.340 e. The molecule has 3 aromatic rings. The first-order valence-corrected chi connectivity index (χ1v) is 10.1. The maximum absolute atomic E-state index is 12.1. The Kier molecular flexibility index (Phi) is 7.53. The predicted octanol–water partition coefficient (Wildman–Crippen LogP) is 4.34. The lowest BCUT2D eigenvalue weighted by Crippen LogP contribution is -2.30. The minimum Gasteiger partial charge on any atom is -0.452 e. The summed E-state index contributed by atoms with van der Waals surface area (Å²) in [6, 6.07) is 22.0. The van der Waals surface area contributed by atoms with Crippen LogP contribution in [0.25, 0.3) is 0 Å². The van der Waals surface area contributed by atoms with Crippen LogP contribution in [0, 0.1) is 0 Å². The molecule has 0 unspecified atom stereocenters. The second-order valence-corrected chi connectivity index (χ2v) is 7.40. The van der Waals surface area contributed by atoms with Crippen LogP contribution in [-0.4, -0.2) is 30.0 Å². The Bertz CT molecular complexity index is 909. The van der Waals surface area contributed by atoms with E-state index in [0.717, 1.165) is 6.42 Å². The van der Waals surface area contributed by atoms with Crippen LogP contribution in [-0.2, 0) is 9.53 Å². The monoisotopic (exact) mass is 452 g/mol. The van der Waals surface area contributed by atoms with E-state index in [9.17, 15) is 9.59 Å². The van der Waals surface area contributed by atoms with Gasteiger partial charge in [0.15, 0.2) is 6.61 Å². The third kappa shape index (κ3) is 6.26. The number of carbonyl (C=O) groups excluding carboxylic acids is 2. The standard InChI is InChI=1S/C23H21BrN2O3/c24-20-13-19(14-25-15-20)23(28)29-16-22(27)26-12-11-21(17-7-3-1-4-8-17)18-9-5-2-6-10-18/h1-10,13-15,21H,11-12,16H2,(H,26,27). The third-order valence-corrected chi connectivity index (χ3v) is 4.87. The lowest BCUT2D eigenvalue weighted by atomic mass is 9.88. The van der Waals surface area contributed by atoms with Gasteiger partial charge >= 0.3 is 5.97 Å². The van der Waals surface area contributed by atoms with Gasteiger partial charge in [0.1, 0.15) is 0 Å². The highest BCUT2D eigenvalue weighted by molar-refractivity contribution is 9.10. The zero-order valence-corrected chi connectivity index (χ0v) is 17.3. The van der Waals surface area contributed by atoms with Gasteiger partial charge in [0.2, 0.25) is 0 Å². The highest BCUT2D eigenvalue weighted by Crippen LogP contribution is 2.27. The quantitative estimate of drug-likeness (QED) is 0.516. The molecule has 0 aliphatic carbocycles. The lowest BCUT2D eigenvalue weighted by Gasteiger charge is -2.18. The van der Waals surface area contributed by atoms with Crippen LogP contribution >= 0.6 is 15.9 Å². The van der Waals surface area contributed by atoms with Crippen molar-refractivity contribution in [3.8, 4) is 0 Å². The molecule has 0 saturated heterocycles. The highest BCUT2D eigenvalue weighted by Gasteiger charge is 2.15. The van der Waals surface area contributed by atoms with Crippen molar-refractivity contribution in [2.24, 2.45) is 0 Å². The highest BCUT2D eigenvalue weighted by atomic mass is 79.9. The zero-order valence-electron chi connectivity index (χ0n) is 15.8. The molecule has 3 rings (SSSR count). The molecule has 0 atom stereocenters. The fraction of sp³-hybridized carbons (Fsp3) is 0.174. The summed E-state index contributed by atoms with van der Waals surface area (Å²) in [5.41, 5.74) is 2.68. The number of nitrogens with zero attached hydrogens (tertiary/aromatic N) is 1. The Hall–Kier alpha value is -2.99. The molecular weight excluding hydrogens is 432 g/mol. The average molecular weight is 453 g/mol. The Labute approximate surface area is 178 Å². The number of carbonyl (C=O) groups is 2. The summed E-state index contributed by atoms with van der Waals surface area (Å²) in [4.78, 5) is 28.0. The van der Waals surface area contributed by atoms with Crippen LogP contribution in [0.15, 0.2) is 83.6 Å². The van der Waals surface area contributed by atoms with Gasteiger partial charge in [-0.1, -0.05) is 60.7 Å². The van der Waals surface area contributed by atoms with E-state index >= 15 is 0 Å². The van der Waals surface area contributed by atoms with Crippen molar-refractivity contribution >= 4 is 27.8 Å². The molecule has 1 aromatic heterocycles. The van der Waals surface area contributed by atoms with Crippen LogP contribution in [0.3, 0.4) is 0 Å². The van der Waals surface area contributed by atoms with Crippen LogP contribution in [0.2, 0.25) is 0 Å². The fourth-order valence-corrected chi connectivity index (χ4v) is 3.41. The van der Waals surface area contributed by atoms with Gasteiger partial charge in [0, 0.05) is 29.3 Å². The Morgan fingerprint density at radius 2 is 1.59 bits per heavy atom. The number of pyridine rings is 1. The Morgan fingerprint density at radius 1 is 0.966 bits per heavy atom.